The average molecular weight is 288 g/mol. The van der Waals surface area contributed by atoms with Gasteiger partial charge < -0.3 is 9.32 Å². The quantitative estimate of drug-likeness (QED) is 0.918. The summed E-state index contributed by atoms with van der Waals surface area (Å²) in [5.41, 5.74) is 0. The molecule has 0 amide bonds. The lowest BCUT2D eigenvalue weighted by atomic mass is 9.95. The zero-order chi connectivity index (χ0) is 14.7. The molecule has 0 aromatic carbocycles. The second kappa shape index (κ2) is 6.43. The van der Waals surface area contributed by atoms with Crippen LogP contribution in [0.5, 0.6) is 0 Å². The van der Waals surface area contributed by atoms with Crippen LogP contribution in [-0.2, 0) is 0 Å². The highest BCUT2D eigenvalue weighted by atomic mass is 16.3. The predicted octanol–water partition coefficient (Wildman–Crippen LogP) is 3.08. The second-order valence-electron chi connectivity index (χ2n) is 6.12. The number of likely N-dealkylation sites (tertiary alicyclic amines) is 1. The number of piperidine rings is 1. The molecule has 3 rings (SSSR count). The van der Waals surface area contributed by atoms with Crippen LogP contribution in [0, 0.1) is 6.92 Å². The average Bonchev–Trinajstić information content (AvgIpc) is 3.16. The van der Waals surface area contributed by atoms with Crippen LogP contribution in [0.2, 0.25) is 0 Å². The van der Waals surface area contributed by atoms with Crippen molar-refractivity contribution < 1.29 is 4.42 Å². The van der Waals surface area contributed by atoms with E-state index in [1.165, 1.54) is 12.8 Å². The monoisotopic (exact) mass is 288 g/mol. The molecule has 2 aromatic heterocycles. The number of aromatic nitrogens is 3. The highest BCUT2D eigenvalue weighted by Crippen LogP contribution is 2.26. The number of H-pyrrole nitrogens is 1. The number of aryl methyl sites for hydroxylation is 1. The maximum absolute atomic E-state index is 5.71. The van der Waals surface area contributed by atoms with E-state index < -0.39 is 0 Å². The van der Waals surface area contributed by atoms with Crippen LogP contribution in [0.1, 0.15) is 55.4 Å². The third-order valence-electron chi connectivity index (χ3n) is 4.53. The summed E-state index contributed by atoms with van der Waals surface area (Å²) in [7, 11) is 0. The number of nitrogens with one attached hydrogen (secondary N) is 1. The van der Waals surface area contributed by atoms with Crippen LogP contribution >= 0.6 is 0 Å². The molecule has 1 aliphatic heterocycles. The van der Waals surface area contributed by atoms with Gasteiger partial charge in [0.2, 0.25) is 0 Å². The van der Waals surface area contributed by atoms with E-state index in [4.69, 9.17) is 4.42 Å². The van der Waals surface area contributed by atoms with Gasteiger partial charge in [-0.15, -0.1) is 0 Å². The van der Waals surface area contributed by atoms with Crippen LogP contribution < -0.4 is 0 Å². The lowest BCUT2D eigenvalue weighted by molar-refractivity contribution is 0.201. The van der Waals surface area contributed by atoms with Crippen molar-refractivity contribution in [3.8, 4) is 0 Å². The van der Waals surface area contributed by atoms with Crippen molar-refractivity contribution in [3.05, 3.63) is 35.8 Å². The molecule has 1 fully saturated rings. The Morgan fingerprint density at radius 1 is 1.38 bits per heavy atom. The van der Waals surface area contributed by atoms with Crippen molar-refractivity contribution in [1.29, 1.82) is 0 Å². The minimum atomic E-state index is 0.491. The van der Waals surface area contributed by atoms with E-state index in [1.807, 2.05) is 6.92 Å². The van der Waals surface area contributed by atoms with Gasteiger partial charge in [-0.3, -0.25) is 5.10 Å². The van der Waals surface area contributed by atoms with Gasteiger partial charge in [0.05, 0.1) is 0 Å². The van der Waals surface area contributed by atoms with Crippen molar-refractivity contribution in [1.82, 2.24) is 20.1 Å². The number of hydrogen-bond acceptors (Lipinski definition) is 4. The molecular weight excluding hydrogens is 264 g/mol. The zero-order valence-corrected chi connectivity index (χ0v) is 12.9. The molecule has 5 nitrogen and oxygen atoms in total. The first kappa shape index (κ1) is 14.3. The van der Waals surface area contributed by atoms with E-state index in [9.17, 15) is 0 Å². The molecule has 0 aliphatic carbocycles. The normalized spacial score (nSPS) is 19.0. The second-order valence-corrected chi connectivity index (χ2v) is 6.12. The fourth-order valence-corrected chi connectivity index (χ4v) is 3.08. The number of nitrogens with zero attached hydrogens (tertiary/aromatic N) is 3. The Morgan fingerprint density at radius 2 is 2.19 bits per heavy atom. The third-order valence-corrected chi connectivity index (χ3v) is 4.53. The highest BCUT2D eigenvalue weighted by molar-refractivity contribution is 5.09. The van der Waals surface area contributed by atoms with E-state index in [2.05, 4.69) is 39.1 Å². The Kier molecular flexibility index (Phi) is 4.39. The molecule has 3 heterocycles. The third kappa shape index (κ3) is 3.53. The van der Waals surface area contributed by atoms with Gasteiger partial charge in [0.25, 0.3) is 0 Å². The highest BCUT2D eigenvalue weighted by Gasteiger charge is 2.22. The topological polar surface area (TPSA) is 58.0 Å². The van der Waals surface area contributed by atoms with Gasteiger partial charge in [0, 0.05) is 11.8 Å². The summed E-state index contributed by atoms with van der Waals surface area (Å²) in [5.74, 6) is 4.21. The minimum Gasteiger partial charge on any atom is -0.466 e. The molecule has 0 bridgehead atoms. The molecule has 0 radical (unpaired) electrons. The Balaban J connectivity index is 1.43. The number of furan rings is 1. The largest absolute Gasteiger partial charge is 0.466 e. The van der Waals surface area contributed by atoms with Gasteiger partial charge in [-0.25, -0.2) is 4.98 Å². The first-order valence-corrected chi connectivity index (χ1v) is 7.86. The van der Waals surface area contributed by atoms with E-state index in [1.54, 1.807) is 6.33 Å². The van der Waals surface area contributed by atoms with Crippen molar-refractivity contribution in [2.75, 3.05) is 19.6 Å². The van der Waals surface area contributed by atoms with Gasteiger partial charge in [0.15, 0.2) is 0 Å². The fraction of sp³-hybridized carbons (Fsp3) is 0.625. The maximum Gasteiger partial charge on any atom is 0.137 e. The Bertz CT molecular complexity index is 540. The summed E-state index contributed by atoms with van der Waals surface area (Å²) in [4.78, 5) is 6.84. The molecule has 2 aromatic rings. The molecule has 0 spiro atoms. The van der Waals surface area contributed by atoms with Crippen LogP contribution in [0.4, 0.5) is 0 Å². The molecule has 1 saturated heterocycles. The van der Waals surface area contributed by atoms with Gasteiger partial charge in [0.1, 0.15) is 23.7 Å². The molecule has 21 heavy (non-hydrogen) atoms. The molecular formula is C16H24N4O. The van der Waals surface area contributed by atoms with E-state index in [0.29, 0.717) is 11.8 Å². The van der Waals surface area contributed by atoms with Crippen molar-refractivity contribution >= 4 is 0 Å². The lowest BCUT2D eigenvalue weighted by Gasteiger charge is -2.31. The van der Waals surface area contributed by atoms with E-state index in [0.717, 1.165) is 43.4 Å². The summed E-state index contributed by atoms with van der Waals surface area (Å²) < 4.78 is 5.71. The van der Waals surface area contributed by atoms with Crippen molar-refractivity contribution in [3.63, 3.8) is 0 Å². The molecule has 1 aliphatic rings. The van der Waals surface area contributed by atoms with E-state index in [-0.39, 0.29) is 0 Å². The Morgan fingerprint density at radius 3 is 2.81 bits per heavy atom. The minimum absolute atomic E-state index is 0.491. The summed E-state index contributed by atoms with van der Waals surface area (Å²) >= 11 is 0. The lowest BCUT2D eigenvalue weighted by Crippen LogP contribution is -2.34. The smallest absolute Gasteiger partial charge is 0.137 e. The number of hydrogen-bond donors (Lipinski definition) is 1. The van der Waals surface area contributed by atoms with Gasteiger partial charge in [-0.2, -0.15) is 5.10 Å². The van der Waals surface area contributed by atoms with Crippen molar-refractivity contribution in [2.45, 2.75) is 44.9 Å². The molecule has 5 heteroatoms. The molecule has 114 valence electrons. The summed E-state index contributed by atoms with van der Waals surface area (Å²) in [6.45, 7) is 7.69. The molecule has 0 saturated carbocycles. The summed E-state index contributed by atoms with van der Waals surface area (Å²) in [6, 6.07) is 4.16. The Labute approximate surface area is 125 Å². The standard InChI is InChI=1S/C16H24N4O/c1-12(15-4-3-13(2)21-15)5-8-20-9-6-14(7-10-20)16-17-11-18-19-16/h3-4,11-12,14H,5-10H2,1-2H3,(H,17,18,19)/t12-/m0/s1. The predicted molar refractivity (Wildman–Crippen MR) is 81.3 cm³/mol. The fourth-order valence-electron chi connectivity index (χ4n) is 3.08. The number of rotatable bonds is 5. The van der Waals surface area contributed by atoms with Crippen LogP contribution in [0.3, 0.4) is 0 Å². The summed E-state index contributed by atoms with van der Waals surface area (Å²) in [5, 5.41) is 6.96. The first-order valence-electron chi connectivity index (χ1n) is 7.86. The SMILES string of the molecule is Cc1ccc([C@@H](C)CCN2CCC(c3ncn[nH]3)CC2)o1. The van der Waals surface area contributed by atoms with E-state index >= 15 is 0 Å². The van der Waals surface area contributed by atoms with Crippen molar-refractivity contribution in [2.24, 2.45) is 0 Å². The van der Waals surface area contributed by atoms with Crippen LogP contribution in [0.15, 0.2) is 22.9 Å². The molecule has 1 N–H and O–H groups in total. The number of aromatic amines is 1. The van der Waals surface area contributed by atoms with Crippen LogP contribution in [0.25, 0.3) is 0 Å². The maximum atomic E-state index is 5.71. The molecule has 1 atom stereocenters. The van der Waals surface area contributed by atoms with Crippen LogP contribution in [-0.4, -0.2) is 39.7 Å². The molecule has 0 unspecified atom stereocenters. The first-order chi connectivity index (χ1) is 10.2. The summed E-state index contributed by atoms with van der Waals surface area (Å²) in [6.07, 6.45) is 5.10. The Hall–Kier alpha value is -1.62. The van der Waals surface area contributed by atoms with Gasteiger partial charge in [-0.05, 0) is 58.0 Å². The zero-order valence-electron chi connectivity index (χ0n) is 12.9. The van der Waals surface area contributed by atoms with Gasteiger partial charge in [-0.1, -0.05) is 6.92 Å². The van der Waals surface area contributed by atoms with Gasteiger partial charge >= 0.3 is 0 Å².